The molecule has 0 spiro atoms. The number of piperazine rings is 1. The van der Waals surface area contributed by atoms with Crippen LogP contribution in [0.5, 0.6) is 0 Å². The van der Waals surface area contributed by atoms with E-state index < -0.39 is 0 Å². The van der Waals surface area contributed by atoms with E-state index in [2.05, 4.69) is 21.9 Å². The molecule has 1 aliphatic rings. The maximum Gasteiger partial charge on any atom is 0.419 e. The second kappa shape index (κ2) is 11.1. The summed E-state index contributed by atoms with van der Waals surface area (Å²) in [4.78, 5) is 17.0. The van der Waals surface area contributed by atoms with Crippen LogP contribution in [-0.2, 0) is 6.54 Å². The van der Waals surface area contributed by atoms with E-state index in [-0.39, 0.29) is 30.6 Å². The Labute approximate surface area is 194 Å². The summed E-state index contributed by atoms with van der Waals surface area (Å²) < 4.78 is 7.13. The van der Waals surface area contributed by atoms with Crippen LogP contribution in [0.4, 0.5) is 5.69 Å². The molecule has 4 rings (SSSR count). The molecule has 3 aromatic rings. The zero-order chi connectivity index (χ0) is 19.5. The standard InChI is InChI=1S/C22H26ClN3O2.2ClH/c1-17-4-9-20-21(16-17)28-22(27)26(20)11-3-2-10-24-12-14-25(15-13-24)19-7-5-18(23)6-8-19;;/h4-9,16H,2-3,10-15H2,1H3;2*1H. The monoisotopic (exact) mass is 471 g/mol. The molecular weight excluding hydrogens is 445 g/mol. The van der Waals surface area contributed by atoms with Gasteiger partial charge in [-0.05, 0) is 68.3 Å². The molecule has 2 heterocycles. The molecule has 1 aliphatic heterocycles. The number of hydrogen-bond donors (Lipinski definition) is 0. The van der Waals surface area contributed by atoms with E-state index in [1.807, 2.05) is 37.3 Å². The molecule has 0 atom stereocenters. The second-order valence-electron chi connectivity index (χ2n) is 7.50. The smallest absolute Gasteiger partial charge is 0.408 e. The minimum Gasteiger partial charge on any atom is -0.408 e. The lowest BCUT2D eigenvalue weighted by atomic mass is 10.2. The van der Waals surface area contributed by atoms with Crippen LogP contribution in [0, 0.1) is 6.92 Å². The van der Waals surface area contributed by atoms with Crippen molar-refractivity contribution in [2.24, 2.45) is 0 Å². The number of oxazole rings is 1. The largest absolute Gasteiger partial charge is 0.419 e. The van der Waals surface area contributed by atoms with Gasteiger partial charge in [0.05, 0.1) is 5.52 Å². The van der Waals surface area contributed by atoms with Crippen LogP contribution in [0.3, 0.4) is 0 Å². The fourth-order valence-corrected chi connectivity index (χ4v) is 4.00. The van der Waals surface area contributed by atoms with E-state index in [9.17, 15) is 4.79 Å². The van der Waals surface area contributed by atoms with E-state index in [1.54, 1.807) is 4.57 Å². The molecule has 0 N–H and O–H groups in total. The Morgan fingerprint density at radius 1 is 0.933 bits per heavy atom. The summed E-state index contributed by atoms with van der Waals surface area (Å²) in [5.41, 5.74) is 3.92. The Hall–Kier alpha value is -1.66. The van der Waals surface area contributed by atoms with Crippen molar-refractivity contribution in [3.63, 3.8) is 0 Å². The van der Waals surface area contributed by atoms with Crippen LogP contribution >= 0.6 is 36.4 Å². The first kappa shape index (κ1) is 24.6. The van der Waals surface area contributed by atoms with Gasteiger partial charge in [0, 0.05) is 43.4 Å². The number of fused-ring (bicyclic) bond motifs is 1. The summed E-state index contributed by atoms with van der Waals surface area (Å²) in [5, 5.41) is 0.780. The molecule has 5 nitrogen and oxygen atoms in total. The third-order valence-corrected chi connectivity index (χ3v) is 5.75. The van der Waals surface area contributed by atoms with Crippen LogP contribution in [0.1, 0.15) is 18.4 Å². The average molecular weight is 473 g/mol. The third-order valence-electron chi connectivity index (χ3n) is 5.49. The van der Waals surface area contributed by atoms with Gasteiger partial charge in [0.2, 0.25) is 0 Å². The number of anilines is 1. The predicted molar refractivity (Wildman–Crippen MR) is 129 cm³/mol. The molecule has 1 aromatic heterocycles. The van der Waals surface area contributed by atoms with E-state index in [0.717, 1.165) is 61.7 Å². The van der Waals surface area contributed by atoms with Gasteiger partial charge in [-0.2, -0.15) is 0 Å². The van der Waals surface area contributed by atoms with Gasteiger partial charge >= 0.3 is 5.76 Å². The number of hydrogen-bond acceptors (Lipinski definition) is 4. The predicted octanol–water partition coefficient (Wildman–Crippen LogP) is 5.00. The minimum atomic E-state index is -0.253. The number of rotatable bonds is 6. The number of aryl methyl sites for hydroxylation is 2. The van der Waals surface area contributed by atoms with Crippen molar-refractivity contribution >= 4 is 53.2 Å². The van der Waals surface area contributed by atoms with Gasteiger partial charge in [-0.1, -0.05) is 17.7 Å². The van der Waals surface area contributed by atoms with E-state index in [0.29, 0.717) is 12.1 Å². The Kier molecular flexibility index (Phi) is 9.10. The fraction of sp³-hybridized carbons (Fsp3) is 0.409. The van der Waals surface area contributed by atoms with Crippen molar-refractivity contribution in [1.82, 2.24) is 9.47 Å². The summed E-state index contributed by atoms with van der Waals surface area (Å²) in [7, 11) is 0. The zero-order valence-corrected chi connectivity index (χ0v) is 19.4. The van der Waals surface area contributed by atoms with E-state index in [4.69, 9.17) is 16.0 Å². The van der Waals surface area contributed by atoms with Crippen LogP contribution in [0.25, 0.3) is 11.1 Å². The molecule has 1 fully saturated rings. The minimum absolute atomic E-state index is 0. The lowest BCUT2D eigenvalue weighted by molar-refractivity contribution is 0.251. The van der Waals surface area contributed by atoms with Gasteiger partial charge in [0.25, 0.3) is 0 Å². The molecule has 8 heteroatoms. The first-order valence-electron chi connectivity index (χ1n) is 9.93. The van der Waals surface area contributed by atoms with E-state index >= 15 is 0 Å². The topological polar surface area (TPSA) is 41.6 Å². The maximum absolute atomic E-state index is 12.1. The molecule has 0 amide bonds. The highest BCUT2D eigenvalue weighted by atomic mass is 35.5. The summed E-state index contributed by atoms with van der Waals surface area (Å²) in [6, 6.07) is 14.0. The van der Waals surface area contributed by atoms with Crippen molar-refractivity contribution in [3.8, 4) is 0 Å². The second-order valence-corrected chi connectivity index (χ2v) is 7.94. The molecular formula is C22H28Cl3N3O2. The highest BCUT2D eigenvalue weighted by Crippen LogP contribution is 2.20. The van der Waals surface area contributed by atoms with Gasteiger partial charge in [-0.15, -0.1) is 24.8 Å². The molecule has 0 unspecified atom stereocenters. The number of unbranched alkanes of at least 4 members (excludes halogenated alkanes) is 1. The Morgan fingerprint density at radius 2 is 1.60 bits per heavy atom. The first-order valence-corrected chi connectivity index (χ1v) is 10.3. The molecule has 30 heavy (non-hydrogen) atoms. The van der Waals surface area contributed by atoms with Crippen LogP contribution in [0.15, 0.2) is 51.7 Å². The maximum atomic E-state index is 12.1. The first-order chi connectivity index (χ1) is 13.6. The molecule has 0 bridgehead atoms. The summed E-state index contributed by atoms with van der Waals surface area (Å²) >= 11 is 5.98. The summed E-state index contributed by atoms with van der Waals surface area (Å²) in [5.74, 6) is -0.253. The number of benzene rings is 2. The summed E-state index contributed by atoms with van der Waals surface area (Å²) in [6.07, 6.45) is 2.05. The lowest BCUT2D eigenvalue weighted by Crippen LogP contribution is -2.46. The van der Waals surface area contributed by atoms with Gasteiger partial charge in [-0.25, -0.2) is 4.79 Å². The number of halogens is 3. The molecule has 164 valence electrons. The zero-order valence-electron chi connectivity index (χ0n) is 17.1. The molecule has 0 radical (unpaired) electrons. The van der Waals surface area contributed by atoms with Crippen molar-refractivity contribution < 1.29 is 4.42 Å². The van der Waals surface area contributed by atoms with Crippen molar-refractivity contribution in [1.29, 1.82) is 0 Å². The van der Waals surface area contributed by atoms with Crippen LogP contribution < -0.4 is 10.7 Å². The molecule has 0 saturated carbocycles. The van der Waals surface area contributed by atoms with Crippen LogP contribution in [0.2, 0.25) is 5.02 Å². The van der Waals surface area contributed by atoms with Crippen molar-refractivity contribution in [2.75, 3.05) is 37.6 Å². The van der Waals surface area contributed by atoms with Crippen LogP contribution in [-0.4, -0.2) is 42.2 Å². The van der Waals surface area contributed by atoms with Gasteiger partial charge in [0.1, 0.15) is 0 Å². The van der Waals surface area contributed by atoms with Gasteiger partial charge < -0.3 is 9.32 Å². The average Bonchev–Trinajstić information content (AvgIpc) is 3.00. The van der Waals surface area contributed by atoms with E-state index in [1.165, 1.54) is 5.69 Å². The molecule has 2 aromatic carbocycles. The highest BCUT2D eigenvalue weighted by Gasteiger charge is 2.17. The van der Waals surface area contributed by atoms with Gasteiger partial charge in [-0.3, -0.25) is 9.47 Å². The summed E-state index contributed by atoms with van der Waals surface area (Å²) in [6.45, 7) is 7.98. The highest BCUT2D eigenvalue weighted by molar-refractivity contribution is 6.30. The number of nitrogens with zero attached hydrogens (tertiary/aromatic N) is 3. The lowest BCUT2D eigenvalue weighted by Gasteiger charge is -2.36. The third kappa shape index (κ3) is 5.73. The Morgan fingerprint density at radius 3 is 2.30 bits per heavy atom. The quantitative estimate of drug-likeness (QED) is 0.473. The Balaban J connectivity index is 0.00000160. The van der Waals surface area contributed by atoms with Crippen molar-refractivity contribution in [3.05, 3.63) is 63.6 Å². The normalized spacial score (nSPS) is 14.4. The van der Waals surface area contributed by atoms with Crippen molar-refractivity contribution in [2.45, 2.75) is 26.3 Å². The Bertz CT molecular complexity index is 993. The molecule has 0 aliphatic carbocycles. The van der Waals surface area contributed by atoms with Gasteiger partial charge in [0.15, 0.2) is 5.58 Å². The number of aromatic nitrogens is 1. The molecule has 1 saturated heterocycles. The SMILES string of the molecule is Cc1ccc2c(c1)oc(=O)n2CCCCN1CCN(c2ccc(Cl)cc2)CC1.Cl.Cl. The fourth-order valence-electron chi connectivity index (χ4n) is 3.87.